The van der Waals surface area contributed by atoms with E-state index >= 15 is 0 Å². The Labute approximate surface area is 194 Å². The van der Waals surface area contributed by atoms with Crippen LogP contribution in [0.1, 0.15) is 35.8 Å². The lowest BCUT2D eigenvalue weighted by molar-refractivity contribution is -0.122. The van der Waals surface area contributed by atoms with Crippen LogP contribution in [0.2, 0.25) is 0 Å². The fraction of sp³-hybridized carbons (Fsp3) is 0.250. The highest BCUT2D eigenvalue weighted by Gasteiger charge is 2.17. The van der Waals surface area contributed by atoms with Crippen LogP contribution in [0.15, 0.2) is 58.4 Å². The highest BCUT2D eigenvalue weighted by molar-refractivity contribution is 6.05. The Morgan fingerprint density at radius 2 is 1.65 bits per heavy atom. The lowest BCUT2D eigenvalue weighted by atomic mass is 10.1. The third-order valence-corrected chi connectivity index (χ3v) is 5.47. The SMILES string of the molecule is CCCn1nc(C(=O)NNC(=O)CCn2cnc3c(C)cccc3c2=O)c2ccccc2c1=O. The van der Waals surface area contributed by atoms with Crippen LogP contribution in [-0.4, -0.2) is 31.1 Å². The van der Waals surface area contributed by atoms with Crippen LogP contribution >= 0.6 is 0 Å². The molecule has 0 atom stereocenters. The number of hydrogen-bond donors (Lipinski definition) is 2. The Hall–Kier alpha value is -4.34. The number of nitrogens with zero attached hydrogens (tertiary/aromatic N) is 4. The van der Waals surface area contributed by atoms with Crippen LogP contribution in [0.25, 0.3) is 21.7 Å². The first-order valence-corrected chi connectivity index (χ1v) is 10.9. The Balaban J connectivity index is 1.45. The smallest absolute Gasteiger partial charge is 0.290 e. The molecular weight excluding hydrogens is 436 g/mol. The topological polar surface area (TPSA) is 128 Å². The van der Waals surface area contributed by atoms with Crippen molar-refractivity contribution < 1.29 is 9.59 Å². The molecule has 0 saturated heterocycles. The fourth-order valence-electron chi connectivity index (χ4n) is 3.73. The van der Waals surface area contributed by atoms with Crippen molar-refractivity contribution in [1.82, 2.24) is 30.2 Å². The number of carbonyl (C=O) groups is 2. The van der Waals surface area contributed by atoms with Gasteiger partial charge in [-0.15, -0.1) is 0 Å². The number of aromatic nitrogens is 4. The summed E-state index contributed by atoms with van der Waals surface area (Å²) in [6, 6.07) is 12.1. The summed E-state index contributed by atoms with van der Waals surface area (Å²) in [5.74, 6) is -1.13. The van der Waals surface area contributed by atoms with Crippen LogP contribution in [0.4, 0.5) is 0 Å². The van der Waals surface area contributed by atoms with Crippen molar-refractivity contribution in [3.05, 3.63) is 80.8 Å². The summed E-state index contributed by atoms with van der Waals surface area (Å²) in [6.07, 6.45) is 2.03. The van der Waals surface area contributed by atoms with Gasteiger partial charge in [-0.1, -0.05) is 37.3 Å². The van der Waals surface area contributed by atoms with Crippen molar-refractivity contribution in [1.29, 1.82) is 0 Å². The van der Waals surface area contributed by atoms with Gasteiger partial charge >= 0.3 is 0 Å². The Morgan fingerprint density at radius 1 is 0.912 bits per heavy atom. The highest BCUT2D eigenvalue weighted by Crippen LogP contribution is 2.13. The van der Waals surface area contributed by atoms with Gasteiger partial charge in [-0.05, 0) is 31.0 Å². The molecule has 0 fully saturated rings. The number of amides is 2. The Bertz CT molecular complexity index is 1520. The molecule has 2 N–H and O–H groups in total. The van der Waals surface area contributed by atoms with Crippen LogP contribution in [0.5, 0.6) is 0 Å². The first-order valence-electron chi connectivity index (χ1n) is 10.9. The van der Waals surface area contributed by atoms with Crippen molar-refractivity contribution in [2.75, 3.05) is 0 Å². The molecule has 4 aromatic rings. The first-order chi connectivity index (χ1) is 16.4. The summed E-state index contributed by atoms with van der Waals surface area (Å²) in [5.41, 5.74) is 5.74. The number of hydrazine groups is 1. The number of rotatable bonds is 6. The largest absolute Gasteiger partial charge is 0.298 e. The molecule has 0 spiro atoms. The molecule has 174 valence electrons. The first kappa shape index (κ1) is 22.8. The van der Waals surface area contributed by atoms with Gasteiger partial charge in [0, 0.05) is 24.9 Å². The third kappa shape index (κ3) is 4.42. The third-order valence-electron chi connectivity index (χ3n) is 5.47. The summed E-state index contributed by atoms with van der Waals surface area (Å²) < 4.78 is 2.61. The molecule has 10 nitrogen and oxygen atoms in total. The number of nitrogens with one attached hydrogen (secondary N) is 2. The molecule has 0 aliphatic carbocycles. The van der Waals surface area contributed by atoms with Gasteiger partial charge in [-0.2, -0.15) is 5.10 Å². The maximum Gasteiger partial charge on any atom is 0.290 e. The normalized spacial score (nSPS) is 11.0. The minimum Gasteiger partial charge on any atom is -0.298 e. The predicted molar refractivity (Wildman–Crippen MR) is 127 cm³/mol. The zero-order valence-corrected chi connectivity index (χ0v) is 18.9. The molecule has 2 aromatic carbocycles. The number of para-hydroxylation sites is 1. The van der Waals surface area contributed by atoms with Gasteiger partial charge in [0.25, 0.3) is 17.0 Å². The van der Waals surface area contributed by atoms with E-state index in [1.54, 1.807) is 36.4 Å². The minimum atomic E-state index is -0.644. The molecule has 34 heavy (non-hydrogen) atoms. The zero-order valence-electron chi connectivity index (χ0n) is 18.9. The van der Waals surface area contributed by atoms with Gasteiger partial charge in [0.2, 0.25) is 5.91 Å². The summed E-state index contributed by atoms with van der Waals surface area (Å²) in [5, 5.41) is 5.45. The average Bonchev–Trinajstić information content (AvgIpc) is 2.84. The maximum atomic E-state index is 12.8. The molecule has 2 aromatic heterocycles. The summed E-state index contributed by atoms with van der Waals surface area (Å²) in [4.78, 5) is 54.7. The van der Waals surface area contributed by atoms with E-state index in [-0.39, 0.29) is 29.8 Å². The number of carbonyl (C=O) groups excluding carboxylic acids is 2. The second-order valence-corrected chi connectivity index (χ2v) is 7.89. The molecule has 0 bridgehead atoms. The van der Waals surface area contributed by atoms with Gasteiger partial charge in [-0.3, -0.25) is 34.6 Å². The monoisotopic (exact) mass is 460 g/mol. The second kappa shape index (κ2) is 9.65. The van der Waals surface area contributed by atoms with E-state index in [1.807, 2.05) is 19.9 Å². The Kier molecular flexibility index (Phi) is 6.48. The molecule has 0 aliphatic rings. The van der Waals surface area contributed by atoms with Crippen LogP contribution in [0.3, 0.4) is 0 Å². The molecule has 2 amide bonds. The summed E-state index contributed by atoms with van der Waals surface area (Å²) in [7, 11) is 0. The molecular formula is C24H24N6O4. The zero-order chi connectivity index (χ0) is 24.2. The highest BCUT2D eigenvalue weighted by atomic mass is 16.2. The molecule has 0 unspecified atom stereocenters. The van der Waals surface area contributed by atoms with Crippen LogP contribution in [0, 0.1) is 6.92 Å². The van der Waals surface area contributed by atoms with Crippen molar-refractivity contribution in [3.8, 4) is 0 Å². The van der Waals surface area contributed by atoms with E-state index in [1.165, 1.54) is 15.6 Å². The Morgan fingerprint density at radius 3 is 2.41 bits per heavy atom. The van der Waals surface area contributed by atoms with Crippen molar-refractivity contribution in [2.24, 2.45) is 0 Å². The summed E-state index contributed by atoms with van der Waals surface area (Å²) in [6.45, 7) is 4.24. The molecule has 0 radical (unpaired) electrons. The van der Waals surface area contributed by atoms with E-state index in [9.17, 15) is 19.2 Å². The number of fused-ring (bicyclic) bond motifs is 2. The van der Waals surface area contributed by atoms with Gasteiger partial charge in [0.15, 0.2) is 5.69 Å². The lowest BCUT2D eigenvalue weighted by Gasteiger charge is -2.12. The van der Waals surface area contributed by atoms with Crippen molar-refractivity contribution >= 4 is 33.5 Å². The average molecular weight is 460 g/mol. The van der Waals surface area contributed by atoms with Crippen LogP contribution in [-0.2, 0) is 17.9 Å². The molecule has 4 rings (SSSR count). The standard InChI is InChI=1S/C24H24N6O4/c1-3-12-30-24(34)17-9-5-4-8-16(17)21(28-30)22(32)27-26-19(31)11-13-29-14-25-20-15(2)7-6-10-18(20)23(29)33/h4-10,14H,3,11-13H2,1-2H3,(H,26,31)(H,27,32). The number of benzene rings is 2. The van der Waals surface area contributed by atoms with E-state index in [0.29, 0.717) is 34.6 Å². The van der Waals surface area contributed by atoms with E-state index in [0.717, 1.165) is 5.56 Å². The summed E-state index contributed by atoms with van der Waals surface area (Å²) >= 11 is 0. The minimum absolute atomic E-state index is 0.0364. The quantitative estimate of drug-likeness (QED) is 0.421. The van der Waals surface area contributed by atoms with Crippen LogP contribution < -0.4 is 22.0 Å². The molecule has 0 aliphatic heterocycles. The lowest BCUT2D eigenvalue weighted by Crippen LogP contribution is -2.43. The number of aryl methyl sites for hydroxylation is 3. The van der Waals surface area contributed by atoms with Crippen molar-refractivity contribution in [2.45, 2.75) is 39.8 Å². The second-order valence-electron chi connectivity index (χ2n) is 7.89. The van der Waals surface area contributed by atoms with E-state index in [4.69, 9.17) is 0 Å². The predicted octanol–water partition coefficient (Wildman–Crippen LogP) is 1.68. The van der Waals surface area contributed by atoms with E-state index in [2.05, 4.69) is 20.9 Å². The van der Waals surface area contributed by atoms with Gasteiger partial charge in [0.05, 0.1) is 22.6 Å². The van der Waals surface area contributed by atoms with Crippen molar-refractivity contribution in [3.63, 3.8) is 0 Å². The molecule has 0 saturated carbocycles. The maximum absolute atomic E-state index is 12.8. The van der Waals surface area contributed by atoms with Gasteiger partial charge in [0.1, 0.15) is 0 Å². The molecule has 2 heterocycles. The molecule has 10 heteroatoms. The van der Waals surface area contributed by atoms with Gasteiger partial charge < -0.3 is 0 Å². The van der Waals surface area contributed by atoms with E-state index < -0.39 is 11.8 Å². The van der Waals surface area contributed by atoms with Gasteiger partial charge in [-0.25, -0.2) is 9.67 Å². The fourth-order valence-corrected chi connectivity index (χ4v) is 3.73. The number of hydrogen-bond acceptors (Lipinski definition) is 6.